The first-order valence-corrected chi connectivity index (χ1v) is 2.42. The predicted molar refractivity (Wildman–Crippen MR) is 30.1 cm³/mol. The molecule has 4 heteroatoms. The van der Waals surface area contributed by atoms with Crippen molar-refractivity contribution in [3.8, 4) is 0 Å². The van der Waals surface area contributed by atoms with Gasteiger partial charge in [-0.15, -0.1) is 0 Å². The van der Waals surface area contributed by atoms with Crippen molar-refractivity contribution in [1.82, 2.24) is 0 Å². The molecule has 0 saturated carbocycles. The third kappa shape index (κ3) is 5.92. The van der Waals surface area contributed by atoms with Crippen molar-refractivity contribution >= 4 is 23.2 Å². The van der Waals surface area contributed by atoms with Gasteiger partial charge in [0.25, 0.3) is 6.08 Å². The molecule has 0 radical (unpaired) electrons. The van der Waals surface area contributed by atoms with E-state index in [9.17, 15) is 8.78 Å². The minimum absolute atomic E-state index is 0.183. The van der Waals surface area contributed by atoms with Crippen molar-refractivity contribution < 1.29 is 8.78 Å². The van der Waals surface area contributed by atoms with E-state index in [-0.39, 0.29) is 4.49 Å². The first-order valence-electron chi connectivity index (χ1n) is 1.67. The molecule has 0 aliphatic heterocycles. The highest BCUT2D eigenvalue weighted by molar-refractivity contribution is 6.55. The van der Waals surface area contributed by atoms with Crippen molar-refractivity contribution in [1.29, 1.82) is 0 Å². The lowest BCUT2D eigenvalue weighted by Crippen LogP contribution is -1.53. The Morgan fingerprint density at radius 1 is 1.12 bits per heavy atom. The van der Waals surface area contributed by atoms with Crippen molar-refractivity contribution in [2.75, 3.05) is 0 Å². The quantitative estimate of drug-likeness (QED) is 0.515. The summed E-state index contributed by atoms with van der Waals surface area (Å²) in [6.07, 6.45) is -0.392. The Bertz CT molecular complexity index is 104. The fourth-order valence-corrected chi connectivity index (χ4v) is 0.252. The summed E-state index contributed by atoms with van der Waals surface area (Å²) in [5.41, 5.74) is 0. The smallest absolute Gasteiger partial charge is 0.173 e. The monoisotopic (exact) mass is 158 g/mol. The summed E-state index contributed by atoms with van der Waals surface area (Å²) in [6.45, 7) is 0. The Hall–Kier alpha value is -0.0800. The zero-order chi connectivity index (χ0) is 6.57. The first-order chi connectivity index (χ1) is 3.63. The van der Waals surface area contributed by atoms with Crippen molar-refractivity contribution in [3.05, 3.63) is 22.7 Å². The van der Waals surface area contributed by atoms with Gasteiger partial charge in [0.1, 0.15) is 4.49 Å². The van der Waals surface area contributed by atoms with Gasteiger partial charge in [-0.25, -0.2) is 0 Å². The summed E-state index contributed by atoms with van der Waals surface area (Å²) in [5.74, 6) is 0. The van der Waals surface area contributed by atoms with Gasteiger partial charge in [0.2, 0.25) is 0 Å². The van der Waals surface area contributed by atoms with Crippen LogP contribution in [0.15, 0.2) is 22.7 Å². The molecule has 0 spiro atoms. The molecule has 0 aliphatic rings. The minimum Gasteiger partial charge on any atom is -0.173 e. The lowest BCUT2D eigenvalue weighted by molar-refractivity contribution is 0.422. The van der Waals surface area contributed by atoms with Gasteiger partial charge in [0.15, 0.2) is 0 Å². The second kappa shape index (κ2) is 3.87. The zero-order valence-electron chi connectivity index (χ0n) is 3.67. The number of hydrogen-bond donors (Lipinski definition) is 0. The van der Waals surface area contributed by atoms with Crippen LogP contribution < -0.4 is 0 Å². The van der Waals surface area contributed by atoms with Crippen LogP contribution in [0.2, 0.25) is 0 Å². The standard InChI is InChI=1S/C4H2Cl2F2/c5-3(6)1-2-4(7)8/h1-2H. The van der Waals surface area contributed by atoms with Gasteiger partial charge in [-0.2, -0.15) is 8.78 Å². The highest BCUT2D eigenvalue weighted by Crippen LogP contribution is 2.07. The third-order valence-electron chi connectivity index (χ3n) is 0.335. The van der Waals surface area contributed by atoms with Gasteiger partial charge >= 0.3 is 0 Å². The first kappa shape index (κ1) is 7.92. The maximum Gasteiger partial charge on any atom is 0.270 e. The van der Waals surface area contributed by atoms with Crippen LogP contribution in [-0.2, 0) is 0 Å². The van der Waals surface area contributed by atoms with E-state index in [1.807, 2.05) is 0 Å². The number of hydrogen-bond acceptors (Lipinski definition) is 0. The molecule has 0 bridgehead atoms. The normalized spacial score (nSPS) is 8.00. The van der Waals surface area contributed by atoms with Crippen LogP contribution in [0.4, 0.5) is 8.78 Å². The maximum absolute atomic E-state index is 11.1. The van der Waals surface area contributed by atoms with Gasteiger partial charge in [-0.05, 0) is 6.08 Å². The lowest BCUT2D eigenvalue weighted by Gasteiger charge is -1.74. The average Bonchev–Trinajstić information content (AvgIpc) is 1.61. The van der Waals surface area contributed by atoms with Crippen LogP contribution in [0.5, 0.6) is 0 Å². The van der Waals surface area contributed by atoms with E-state index in [4.69, 9.17) is 23.2 Å². The molecule has 0 rings (SSSR count). The molecule has 0 aromatic rings. The van der Waals surface area contributed by atoms with Gasteiger partial charge in [0.05, 0.1) is 0 Å². The summed E-state index contributed by atoms with van der Waals surface area (Å²) >= 11 is 9.94. The molecule has 0 aromatic heterocycles. The van der Waals surface area contributed by atoms with E-state index in [1.54, 1.807) is 0 Å². The van der Waals surface area contributed by atoms with Crippen LogP contribution in [0, 0.1) is 0 Å². The van der Waals surface area contributed by atoms with Crippen LogP contribution >= 0.6 is 23.2 Å². The Morgan fingerprint density at radius 3 is 1.75 bits per heavy atom. The average molecular weight is 159 g/mol. The topological polar surface area (TPSA) is 0 Å². The summed E-state index contributed by atoms with van der Waals surface area (Å²) < 4.78 is 22.0. The van der Waals surface area contributed by atoms with Gasteiger partial charge in [-0.3, -0.25) is 0 Å². The van der Waals surface area contributed by atoms with Gasteiger partial charge < -0.3 is 0 Å². The summed E-state index contributed by atoms with van der Waals surface area (Å²) in [6, 6.07) is 0. The van der Waals surface area contributed by atoms with Crippen molar-refractivity contribution in [2.45, 2.75) is 0 Å². The highest BCUT2D eigenvalue weighted by Gasteiger charge is 1.83. The van der Waals surface area contributed by atoms with Gasteiger partial charge in [0, 0.05) is 6.08 Å². The summed E-state index contributed by atoms with van der Waals surface area (Å²) in [4.78, 5) is 0. The van der Waals surface area contributed by atoms with E-state index in [0.717, 1.165) is 6.08 Å². The fraction of sp³-hybridized carbons (Fsp3) is 0. The van der Waals surface area contributed by atoms with Crippen molar-refractivity contribution in [3.63, 3.8) is 0 Å². The molecule has 0 heterocycles. The predicted octanol–water partition coefficient (Wildman–Crippen LogP) is 3.09. The minimum atomic E-state index is -1.82. The number of allylic oxidation sites excluding steroid dienone is 2. The second-order valence-electron chi connectivity index (χ2n) is 0.913. The van der Waals surface area contributed by atoms with Crippen LogP contribution in [-0.4, -0.2) is 0 Å². The molecule has 0 amide bonds. The molecule has 8 heavy (non-hydrogen) atoms. The lowest BCUT2D eigenvalue weighted by atomic mass is 10.6. The molecule has 0 saturated heterocycles. The molecule has 0 N–H and O–H groups in total. The SMILES string of the molecule is FC(F)=CC=C(Cl)Cl. The molecular formula is C4H2Cl2F2. The molecule has 0 nitrogen and oxygen atoms in total. The summed E-state index contributed by atoms with van der Waals surface area (Å²) in [7, 11) is 0. The Kier molecular flexibility index (Phi) is 3.83. The summed E-state index contributed by atoms with van der Waals surface area (Å²) in [5, 5.41) is 0. The molecule has 0 unspecified atom stereocenters. The molecule has 0 fully saturated rings. The van der Waals surface area contributed by atoms with Crippen LogP contribution in [0.25, 0.3) is 0 Å². The zero-order valence-corrected chi connectivity index (χ0v) is 5.18. The fourth-order valence-electron chi connectivity index (χ4n) is 0.126. The number of halogens is 4. The highest BCUT2D eigenvalue weighted by atomic mass is 35.5. The molecule has 0 atom stereocenters. The Labute approximate surface area is 55.4 Å². The van der Waals surface area contributed by atoms with Gasteiger partial charge in [-0.1, -0.05) is 23.2 Å². The molecule has 0 aliphatic carbocycles. The molecule has 0 aromatic carbocycles. The Morgan fingerprint density at radius 2 is 1.62 bits per heavy atom. The second-order valence-corrected chi connectivity index (χ2v) is 1.92. The van der Waals surface area contributed by atoms with E-state index >= 15 is 0 Å². The number of rotatable bonds is 1. The third-order valence-corrected chi connectivity index (χ3v) is 0.587. The molecule has 46 valence electrons. The Balaban J connectivity index is 3.76. The van der Waals surface area contributed by atoms with E-state index in [2.05, 4.69) is 0 Å². The van der Waals surface area contributed by atoms with Crippen LogP contribution in [0.3, 0.4) is 0 Å². The van der Waals surface area contributed by atoms with E-state index in [0.29, 0.717) is 6.08 Å². The maximum atomic E-state index is 11.1. The van der Waals surface area contributed by atoms with Crippen LogP contribution in [0.1, 0.15) is 0 Å². The largest absolute Gasteiger partial charge is 0.270 e. The van der Waals surface area contributed by atoms with E-state index in [1.165, 1.54) is 0 Å². The van der Waals surface area contributed by atoms with Crippen molar-refractivity contribution in [2.24, 2.45) is 0 Å². The molecular weight excluding hydrogens is 157 g/mol. The van der Waals surface area contributed by atoms with E-state index < -0.39 is 6.08 Å².